The lowest BCUT2D eigenvalue weighted by molar-refractivity contribution is 0.238. The van der Waals surface area contributed by atoms with Gasteiger partial charge in [0, 0.05) is 19.6 Å². The summed E-state index contributed by atoms with van der Waals surface area (Å²) in [6, 6.07) is 32.8. The van der Waals surface area contributed by atoms with E-state index >= 15 is 0 Å². The Bertz CT molecular complexity index is 1450. The molecule has 9 nitrogen and oxygen atoms in total. The van der Waals surface area contributed by atoms with Gasteiger partial charge >= 0.3 is 17.1 Å². The van der Waals surface area contributed by atoms with Crippen LogP contribution in [0.2, 0.25) is 18.1 Å². The summed E-state index contributed by atoms with van der Waals surface area (Å²) in [6.45, 7) is 6.96. The highest BCUT2D eigenvalue weighted by Crippen LogP contribution is 2.17. The van der Waals surface area contributed by atoms with E-state index in [4.69, 9.17) is 13.3 Å². The summed E-state index contributed by atoms with van der Waals surface area (Å²) < 4.78 is 22.2. The third-order valence-electron chi connectivity index (χ3n) is 8.62. The fourth-order valence-electron chi connectivity index (χ4n) is 5.61. The summed E-state index contributed by atoms with van der Waals surface area (Å²) in [5.74, 6) is 0. The van der Waals surface area contributed by atoms with Crippen molar-refractivity contribution in [1.82, 2.24) is 13.7 Å². The number of hydrogen-bond acceptors (Lipinski definition) is 6. The van der Waals surface area contributed by atoms with Crippen molar-refractivity contribution in [3.8, 4) is 0 Å². The van der Waals surface area contributed by atoms with Crippen LogP contribution in [0.4, 0.5) is 0 Å². The molecule has 0 saturated heterocycles. The normalized spacial score (nSPS) is 14.1. The lowest BCUT2D eigenvalue weighted by atomic mass is 10.1. The predicted molar refractivity (Wildman–Crippen MR) is 201 cm³/mol. The lowest BCUT2D eigenvalue weighted by Crippen LogP contribution is -2.54. The quantitative estimate of drug-likeness (QED) is 0.0955. The molecule has 12 heteroatoms. The van der Waals surface area contributed by atoms with Crippen molar-refractivity contribution in [2.75, 3.05) is 0 Å². The van der Waals surface area contributed by atoms with Crippen LogP contribution in [0.3, 0.4) is 0 Å². The van der Waals surface area contributed by atoms with E-state index in [9.17, 15) is 14.4 Å². The molecule has 0 saturated carbocycles. The summed E-state index contributed by atoms with van der Waals surface area (Å²) in [4.78, 5) is 40.6. The largest absolute Gasteiger partial charge is 0.417 e. The average molecular weight is 706 g/mol. The van der Waals surface area contributed by atoms with Crippen molar-refractivity contribution in [2.24, 2.45) is 0 Å². The van der Waals surface area contributed by atoms with Crippen molar-refractivity contribution >= 4 is 29.3 Å². The second-order valence-electron chi connectivity index (χ2n) is 12.2. The number of nitrogens with zero attached hydrogens (tertiary/aromatic N) is 3. The third kappa shape index (κ3) is 11.3. The van der Waals surface area contributed by atoms with Crippen molar-refractivity contribution < 1.29 is 13.3 Å². The Hall–Kier alpha value is -3.40. The van der Waals surface area contributed by atoms with Gasteiger partial charge in [-0.1, -0.05) is 91.0 Å². The van der Waals surface area contributed by atoms with Crippen LogP contribution >= 0.6 is 0 Å². The summed E-state index contributed by atoms with van der Waals surface area (Å²) >= 11 is 0. The minimum absolute atomic E-state index is 0.0196. The highest BCUT2D eigenvalue weighted by atomic mass is 28.2. The SMILES string of the molecule is CC(O[SiH2]CCCn1c(=O)n(CCC[SiH2]OC(C)c2ccccc2)c(=O)n(CCC[SiH2]OC(C)c2ccccc2)c1=O)c1ccccc1. The predicted octanol–water partition coefficient (Wildman–Crippen LogP) is 4.18. The maximum Gasteiger partial charge on any atom is 0.336 e. The molecule has 0 spiro atoms. The Kier molecular flexibility index (Phi) is 15.7. The molecule has 3 unspecified atom stereocenters. The Morgan fingerprint density at radius 3 is 0.958 bits per heavy atom. The van der Waals surface area contributed by atoms with Gasteiger partial charge in [-0.3, -0.25) is 0 Å². The van der Waals surface area contributed by atoms with Gasteiger partial charge in [0.2, 0.25) is 0 Å². The summed E-state index contributed by atoms with van der Waals surface area (Å²) in [5.41, 5.74) is 1.87. The molecule has 0 aliphatic rings. The minimum Gasteiger partial charge on any atom is -0.417 e. The molecule has 0 bridgehead atoms. The molecule has 0 radical (unpaired) electrons. The molecule has 4 aromatic rings. The molecule has 48 heavy (non-hydrogen) atoms. The molecule has 3 aromatic carbocycles. The monoisotopic (exact) mass is 705 g/mol. The van der Waals surface area contributed by atoms with E-state index in [1.807, 2.05) is 75.4 Å². The van der Waals surface area contributed by atoms with E-state index in [0.717, 1.165) is 34.8 Å². The molecular weight excluding hydrogens is 655 g/mol. The molecule has 1 aromatic heterocycles. The Morgan fingerprint density at radius 1 is 0.458 bits per heavy atom. The molecule has 0 N–H and O–H groups in total. The Labute approximate surface area is 290 Å². The van der Waals surface area contributed by atoms with Crippen molar-refractivity contribution in [3.63, 3.8) is 0 Å². The fourth-order valence-corrected chi connectivity index (χ4v) is 9.03. The molecule has 3 atom stereocenters. The van der Waals surface area contributed by atoms with E-state index in [1.54, 1.807) is 0 Å². The zero-order chi connectivity index (χ0) is 34.1. The van der Waals surface area contributed by atoms with Crippen LogP contribution in [0.15, 0.2) is 105 Å². The topological polar surface area (TPSA) is 93.7 Å². The lowest BCUT2D eigenvalue weighted by Gasteiger charge is -2.16. The minimum atomic E-state index is -0.850. The zero-order valence-electron chi connectivity index (χ0n) is 28.7. The number of rotatable bonds is 21. The van der Waals surface area contributed by atoms with Gasteiger partial charge in [-0.25, -0.2) is 28.1 Å². The summed E-state index contributed by atoms with van der Waals surface area (Å²) in [7, 11) is -2.55. The second-order valence-corrected chi connectivity index (χ2v) is 16.5. The molecule has 0 aliphatic carbocycles. The highest BCUT2D eigenvalue weighted by Gasteiger charge is 2.16. The molecule has 0 fully saturated rings. The average Bonchev–Trinajstić information content (AvgIpc) is 3.12. The first-order chi connectivity index (χ1) is 23.4. The smallest absolute Gasteiger partial charge is 0.336 e. The molecule has 0 amide bonds. The molecule has 258 valence electrons. The fraction of sp³-hybridized carbons (Fsp3) is 0.417. The van der Waals surface area contributed by atoms with Crippen LogP contribution in [0.25, 0.3) is 0 Å². The summed E-state index contributed by atoms with van der Waals surface area (Å²) in [5, 5.41) is 0. The van der Waals surface area contributed by atoms with E-state index < -0.39 is 46.4 Å². The number of aromatic nitrogens is 3. The van der Waals surface area contributed by atoms with Crippen molar-refractivity contribution in [1.29, 1.82) is 0 Å². The van der Waals surface area contributed by atoms with Crippen molar-refractivity contribution in [3.05, 3.63) is 139 Å². The maximum atomic E-state index is 13.5. The van der Waals surface area contributed by atoms with Gasteiger partial charge in [-0.05, 0) is 74.9 Å². The van der Waals surface area contributed by atoms with Crippen LogP contribution in [0.1, 0.15) is 75.0 Å². The van der Waals surface area contributed by atoms with Crippen molar-refractivity contribution in [2.45, 2.75) is 96.1 Å². The van der Waals surface area contributed by atoms with Gasteiger partial charge in [-0.2, -0.15) is 0 Å². The standard InChI is InChI=1S/C36H51N3O6Si3/c1-28(31-16-7-4-8-17-31)43-46-25-13-22-37-34(40)38(23-14-26-47-44-29(2)32-18-9-5-10-19-32)36(42)39(35(37)41)24-15-27-48-45-30(3)33-20-11-6-12-21-33/h4-12,16-21,28-30H,13-15,22-27,46-48H2,1-3H3. The molecule has 0 aliphatic heterocycles. The summed E-state index contributed by atoms with van der Waals surface area (Å²) in [6.07, 6.45) is 2.01. The van der Waals surface area contributed by atoms with Crippen LogP contribution in [-0.4, -0.2) is 43.0 Å². The maximum absolute atomic E-state index is 13.5. The van der Waals surface area contributed by atoms with Gasteiger partial charge < -0.3 is 13.3 Å². The Balaban J connectivity index is 1.35. The molecular formula is C36H51N3O6Si3. The van der Waals surface area contributed by atoms with Gasteiger partial charge in [0.25, 0.3) is 0 Å². The van der Waals surface area contributed by atoms with E-state index in [1.165, 1.54) is 13.7 Å². The van der Waals surface area contributed by atoms with Gasteiger partial charge in [-0.15, -0.1) is 0 Å². The second kappa shape index (κ2) is 20.2. The first-order valence-electron chi connectivity index (χ1n) is 17.3. The van der Waals surface area contributed by atoms with Crippen LogP contribution in [0.5, 0.6) is 0 Å². The van der Waals surface area contributed by atoms with E-state index in [-0.39, 0.29) is 37.9 Å². The first kappa shape index (κ1) is 37.4. The zero-order valence-corrected chi connectivity index (χ0v) is 32.9. The number of benzene rings is 3. The Morgan fingerprint density at radius 2 is 0.708 bits per heavy atom. The van der Waals surface area contributed by atoms with Gasteiger partial charge in [0.05, 0.1) is 18.3 Å². The van der Waals surface area contributed by atoms with E-state index in [2.05, 4.69) is 36.4 Å². The number of hydrogen-bond donors (Lipinski definition) is 0. The highest BCUT2D eigenvalue weighted by molar-refractivity contribution is 6.27. The van der Waals surface area contributed by atoms with Gasteiger partial charge in [0.1, 0.15) is 0 Å². The van der Waals surface area contributed by atoms with Gasteiger partial charge in [0.15, 0.2) is 29.3 Å². The van der Waals surface area contributed by atoms with Crippen LogP contribution < -0.4 is 17.1 Å². The van der Waals surface area contributed by atoms with E-state index in [0.29, 0.717) is 19.3 Å². The molecule has 1 heterocycles. The van der Waals surface area contributed by atoms with Crippen LogP contribution in [0, 0.1) is 0 Å². The van der Waals surface area contributed by atoms with Crippen LogP contribution in [-0.2, 0) is 32.9 Å². The molecule has 4 rings (SSSR count). The third-order valence-corrected chi connectivity index (χ3v) is 13.2. The first-order valence-corrected chi connectivity index (χ1v) is 22.0.